The highest BCUT2D eigenvalue weighted by atomic mass is 15.4. The zero-order valence-corrected chi connectivity index (χ0v) is 9.00. The maximum Gasteiger partial charge on any atom is 0.0921 e. The number of rotatable bonds is 0. The molecule has 0 aromatic heterocycles. The van der Waals surface area contributed by atoms with E-state index in [9.17, 15) is 0 Å². The van der Waals surface area contributed by atoms with Crippen LogP contribution in [0.2, 0.25) is 0 Å². The van der Waals surface area contributed by atoms with Gasteiger partial charge in [-0.25, -0.2) is 0 Å². The summed E-state index contributed by atoms with van der Waals surface area (Å²) in [5, 5.41) is 0. The monoisotopic (exact) mass is 180 g/mol. The molecule has 0 aromatic carbocycles. The molecule has 1 aliphatic heterocycles. The molecule has 1 nitrogen and oxygen atoms in total. The highest BCUT2D eigenvalue weighted by molar-refractivity contribution is 4.97. The average Bonchev–Trinajstić information content (AvgIpc) is 2.74. The van der Waals surface area contributed by atoms with Gasteiger partial charge in [0, 0.05) is 11.8 Å². The van der Waals surface area contributed by atoms with Crippen LogP contribution in [0.1, 0.15) is 38.5 Å². The summed E-state index contributed by atoms with van der Waals surface area (Å²) >= 11 is 0. The Morgan fingerprint density at radius 3 is 1.69 bits per heavy atom. The van der Waals surface area contributed by atoms with Crippen LogP contribution >= 0.6 is 0 Å². The first-order chi connectivity index (χ1) is 6.21. The quantitative estimate of drug-likeness (QED) is 0.502. The van der Waals surface area contributed by atoms with Gasteiger partial charge >= 0.3 is 0 Å². The second kappa shape index (κ2) is 2.50. The topological polar surface area (TPSA) is 0 Å². The molecule has 0 amide bonds. The predicted molar refractivity (Wildman–Crippen MR) is 54.4 cm³/mol. The van der Waals surface area contributed by atoms with Crippen LogP contribution < -0.4 is 0 Å². The van der Waals surface area contributed by atoms with Crippen LogP contribution in [0.4, 0.5) is 0 Å². The Morgan fingerprint density at radius 1 is 0.769 bits per heavy atom. The second-order valence-electron chi connectivity index (χ2n) is 5.95. The van der Waals surface area contributed by atoms with Crippen molar-refractivity contribution in [3.05, 3.63) is 0 Å². The molecule has 2 saturated carbocycles. The van der Waals surface area contributed by atoms with Crippen LogP contribution in [0.25, 0.3) is 0 Å². The van der Waals surface area contributed by atoms with Crippen LogP contribution in [0.5, 0.6) is 0 Å². The molecule has 3 aliphatic rings. The Bertz CT molecular complexity index is 199. The molecule has 13 heavy (non-hydrogen) atoms. The van der Waals surface area contributed by atoms with Crippen molar-refractivity contribution in [1.82, 2.24) is 0 Å². The zero-order chi connectivity index (χ0) is 9.05. The summed E-state index contributed by atoms with van der Waals surface area (Å²) in [6, 6.07) is 2.07. The van der Waals surface area contributed by atoms with Crippen molar-refractivity contribution in [3.8, 4) is 0 Å². The smallest absolute Gasteiger partial charge is 0.0921 e. The number of hydrogen-bond donors (Lipinski definition) is 0. The van der Waals surface area contributed by atoms with Gasteiger partial charge in [-0.1, -0.05) is 0 Å². The van der Waals surface area contributed by atoms with E-state index in [4.69, 9.17) is 0 Å². The number of hydrogen-bond acceptors (Lipinski definition) is 0. The van der Waals surface area contributed by atoms with E-state index in [1.165, 1.54) is 30.2 Å². The summed E-state index contributed by atoms with van der Waals surface area (Å²) < 4.78 is 1.37. The minimum atomic E-state index is 1.04. The van der Waals surface area contributed by atoms with Crippen LogP contribution in [-0.4, -0.2) is 30.7 Å². The van der Waals surface area contributed by atoms with Crippen molar-refractivity contribution < 1.29 is 4.48 Å². The van der Waals surface area contributed by atoms with Gasteiger partial charge in [0.25, 0.3) is 0 Å². The van der Waals surface area contributed by atoms with E-state index in [-0.39, 0.29) is 0 Å². The highest BCUT2D eigenvalue weighted by Gasteiger charge is 2.58. The summed E-state index contributed by atoms with van der Waals surface area (Å²) in [7, 11) is 5.00. The van der Waals surface area contributed by atoms with E-state index in [0.717, 1.165) is 23.9 Å². The molecule has 0 spiro atoms. The first-order valence-corrected chi connectivity index (χ1v) is 6.04. The molecule has 0 N–H and O–H groups in total. The third-order valence-corrected chi connectivity index (χ3v) is 5.32. The van der Waals surface area contributed by atoms with Crippen molar-refractivity contribution in [2.24, 2.45) is 11.8 Å². The van der Waals surface area contributed by atoms with Crippen LogP contribution in [0.3, 0.4) is 0 Å². The van der Waals surface area contributed by atoms with E-state index in [1.807, 2.05) is 0 Å². The van der Waals surface area contributed by atoms with Crippen molar-refractivity contribution in [2.45, 2.75) is 50.6 Å². The van der Waals surface area contributed by atoms with Gasteiger partial charge in [0.05, 0.1) is 26.2 Å². The molecule has 3 fully saturated rings. The molecule has 1 saturated heterocycles. The summed E-state index contributed by atoms with van der Waals surface area (Å²) in [6.07, 6.45) is 9.16. The Morgan fingerprint density at radius 2 is 1.23 bits per heavy atom. The maximum atomic E-state index is 2.50. The molecule has 0 bridgehead atoms. The van der Waals surface area contributed by atoms with Crippen molar-refractivity contribution >= 4 is 0 Å². The van der Waals surface area contributed by atoms with Crippen LogP contribution in [-0.2, 0) is 0 Å². The molecule has 2 aliphatic carbocycles. The summed E-state index contributed by atoms with van der Waals surface area (Å²) in [5.41, 5.74) is 0. The lowest BCUT2D eigenvalue weighted by Gasteiger charge is -2.36. The fourth-order valence-electron chi connectivity index (χ4n) is 4.84. The van der Waals surface area contributed by atoms with E-state index in [0.29, 0.717) is 0 Å². The largest absolute Gasteiger partial charge is 0.323 e. The first-order valence-electron chi connectivity index (χ1n) is 6.04. The van der Waals surface area contributed by atoms with Gasteiger partial charge in [0.1, 0.15) is 0 Å². The van der Waals surface area contributed by atoms with Gasteiger partial charge in [0.2, 0.25) is 0 Å². The molecule has 1 heteroatoms. The zero-order valence-electron chi connectivity index (χ0n) is 9.00. The molecular weight excluding hydrogens is 158 g/mol. The van der Waals surface area contributed by atoms with Gasteiger partial charge in [0.15, 0.2) is 0 Å². The second-order valence-corrected chi connectivity index (χ2v) is 5.95. The third-order valence-electron chi connectivity index (χ3n) is 5.32. The van der Waals surface area contributed by atoms with Gasteiger partial charge in [-0.05, 0) is 38.5 Å². The SMILES string of the molecule is C[N+]1(C)[C@H]2CCC[C@H]2[C@@H]2CCC[C@@H]21. The molecule has 3 rings (SSSR count). The summed E-state index contributed by atoms with van der Waals surface area (Å²) in [4.78, 5) is 0. The van der Waals surface area contributed by atoms with Crippen LogP contribution in [0.15, 0.2) is 0 Å². The van der Waals surface area contributed by atoms with Gasteiger partial charge in [-0.3, -0.25) is 0 Å². The molecule has 0 radical (unpaired) electrons. The van der Waals surface area contributed by atoms with E-state index in [1.54, 1.807) is 12.8 Å². The Hall–Kier alpha value is -0.0400. The lowest BCUT2D eigenvalue weighted by molar-refractivity contribution is -0.926. The lowest BCUT2D eigenvalue weighted by Crippen LogP contribution is -2.50. The van der Waals surface area contributed by atoms with Crippen molar-refractivity contribution in [3.63, 3.8) is 0 Å². The lowest BCUT2D eigenvalue weighted by atomic mass is 9.90. The standard InChI is InChI=1S/C12H22N/c1-13(2)11-7-3-5-9(11)10-6-4-8-12(10)13/h9-12H,3-8H2,1-2H3/q+1/t9-,10-,11-,12-/m0/s1. The molecule has 0 unspecified atom stereocenters. The Labute approximate surface area is 81.7 Å². The van der Waals surface area contributed by atoms with Gasteiger partial charge in [-0.15, -0.1) is 0 Å². The molecule has 74 valence electrons. The maximum absolute atomic E-state index is 2.50. The van der Waals surface area contributed by atoms with Crippen molar-refractivity contribution in [1.29, 1.82) is 0 Å². The molecule has 1 heterocycles. The van der Waals surface area contributed by atoms with E-state index < -0.39 is 0 Å². The van der Waals surface area contributed by atoms with E-state index >= 15 is 0 Å². The van der Waals surface area contributed by atoms with Gasteiger partial charge < -0.3 is 4.48 Å². The summed E-state index contributed by atoms with van der Waals surface area (Å²) in [5.74, 6) is 2.23. The molecular formula is C12H22N+. The molecule has 0 aromatic rings. The fraction of sp³-hybridized carbons (Fsp3) is 1.00. The Balaban J connectivity index is 1.96. The average molecular weight is 180 g/mol. The number of likely N-dealkylation sites (tertiary alicyclic amines) is 1. The van der Waals surface area contributed by atoms with E-state index in [2.05, 4.69) is 14.1 Å². The number of fused-ring (bicyclic) bond motifs is 3. The number of quaternary nitrogens is 1. The normalized spacial score (nSPS) is 52.2. The van der Waals surface area contributed by atoms with Crippen LogP contribution in [0, 0.1) is 11.8 Å². The third kappa shape index (κ3) is 0.918. The Kier molecular flexibility index (Phi) is 1.59. The minimum Gasteiger partial charge on any atom is -0.323 e. The summed E-state index contributed by atoms with van der Waals surface area (Å²) in [6.45, 7) is 0. The predicted octanol–water partition coefficient (Wildman–Crippen LogP) is 2.41. The van der Waals surface area contributed by atoms with Crippen molar-refractivity contribution in [2.75, 3.05) is 14.1 Å². The number of nitrogens with zero attached hydrogens (tertiary/aromatic N) is 1. The minimum absolute atomic E-state index is 1.04. The van der Waals surface area contributed by atoms with Gasteiger partial charge in [-0.2, -0.15) is 0 Å². The molecule has 4 atom stereocenters. The first kappa shape index (κ1) is 8.28. The fourth-order valence-corrected chi connectivity index (χ4v) is 4.84. The highest BCUT2D eigenvalue weighted by Crippen LogP contribution is 2.53.